The lowest BCUT2D eigenvalue weighted by Crippen LogP contribution is -2.45. The van der Waals surface area contributed by atoms with E-state index < -0.39 is 36.4 Å². The Hall–Kier alpha value is -1.63. The molecule has 0 radical (unpaired) electrons. The van der Waals surface area contributed by atoms with Gasteiger partial charge in [-0.05, 0) is 37.0 Å². The highest BCUT2D eigenvalue weighted by Gasteiger charge is 2.43. The molecule has 0 spiro atoms. The van der Waals surface area contributed by atoms with Gasteiger partial charge in [-0.3, -0.25) is 9.59 Å². The van der Waals surface area contributed by atoms with E-state index in [1.54, 1.807) is 0 Å². The van der Waals surface area contributed by atoms with Crippen molar-refractivity contribution in [3.63, 3.8) is 0 Å². The fraction of sp³-hybridized carbons (Fsp3) is 0.875. The van der Waals surface area contributed by atoms with Crippen LogP contribution in [0.3, 0.4) is 0 Å². The molecule has 3 unspecified atom stereocenters. The molecule has 0 amide bonds. The van der Waals surface area contributed by atoms with Gasteiger partial charge < -0.3 is 19.3 Å². The summed E-state index contributed by atoms with van der Waals surface area (Å²) >= 11 is 0. The maximum Gasteiger partial charge on any atom is 0.339 e. The quantitative estimate of drug-likeness (QED) is 0.262. The predicted molar refractivity (Wildman–Crippen MR) is 119 cm³/mol. The summed E-state index contributed by atoms with van der Waals surface area (Å²) in [6, 6.07) is 0. The Morgan fingerprint density at radius 2 is 1.00 bits per heavy atom. The van der Waals surface area contributed by atoms with Crippen LogP contribution in [0.5, 0.6) is 0 Å². The van der Waals surface area contributed by atoms with Crippen molar-refractivity contribution in [1.82, 2.24) is 0 Å². The van der Waals surface area contributed by atoms with Crippen LogP contribution in [0, 0.1) is 17.8 Å². The number of rotatable bonds is 17. The van der Waals surface area contributed by atoms with Gasteiger partial charge in [-0.2, -0.15) is 0 Å². The first kappa shape index (κ1) is 29.4. The molecule has 0 aromatic heterocycles. The molecule has 7 nitrogen and oxygen atoms in total. The average Bonchev–Trinajstić information content (AvgIpc) is 2.72. The minimum atomic E-state index is -2.30. The molecule has 3 atom stereocenters. The number of hydrogen-bond acceptors (Lipinski definition) is 7. The van der Waals surface area contributed by atoms with Crippen molar-refractivity contribution in [2.24, 2.45) is 17.8 Å². The first-order valence-corrected chi connectivity index (χ1v) is 11.8. The van der Waals surface area contributed by atoms with Crippen molar-refractivity contribution in [2.45, 2.75) is 98.5 Å². The monoisotopic (exact) mass is 444 g/mol. The van der Waals surface area contributed by atoms with Crippen LogP contribution in [0.4, 0.5) is 0 Å². The summed E-state index contributed by atoms with van der Waals surface area (Å²) in [4.78, 5) is 37.1. The number of hydrogen-bond donors (Lipinski definition) is 1. The van der Waals surface area contributed by atoms with E-state index >= 15 is 0 Å². The molecule has 1 N–H and O–H groups in total. The molecule has 0 bridgehead atoms. The smallest absolute Gasteiger partial charge is 0.339 e. The standard InChI is InChI=1S/C24H44O7/c1-7-18(4)10-13-29-21(25)16-24(28,23(27)31-15-12-20(6)9-3)17-22(26)30-14-11-19(5)8-2/h18-20,28H,7-17H2,1-6H3. The van der Waals surface area contributed by atoms with Gasteiger partial charge in [0.25, 0.3) is 0 Å². The fourth-order valence-corrected chi connectivity index (χ4v) is 2.63. The lowest BCUT2D eigenvalue weighted by Gasteiger charge is -2.25. The Bertz CT molecular complexity index is 502. The van der Waals surface area contributed by atoms with Crippen LogP contribution in [-0.4, -0.2) is 48.4 Å². The Morgan fingerprint density at radius 3 is 1.32 bits per heavy atom. The fourth-order valence-electron chi connectivity index (χ4n) is 2.63. The van der Waals surface area contributed by atoms with E-state index in [1.165, 1.54) is 0 Å². The minimum absolute atomic E-state index is 0.113. The summed E-state index contributed by atoms with van der Waals surface area (Å²) in [5.74, 6) is -1.31. The second-order valence-corrected chi connectivity index (χ2v) is 8.87. The molecule has 7 heteroatoms. The van der Waals surface area contributed by atoms with Crippen LogP contribution < -0.4 is 0 Å². The average molecular weight is 445 g/mol. The second kappa shape index (κ2) is 16.1. The zero-order valence-electron chi connectivity index (χ0n) is 20.4. The lowest BCUT2D eigenvalue weighted by atomic mass is 9.95. The third-order valence-corrected chi connectivity index (χ3v) is 5.94. The first-order valence-electron chi connectivity index (χ1n) is 11.8. The van der Waals surface area contributed by atoms with Crippen molar-refractivity contribution in [2.75, 3.05) is 19.8 Å². The SMILES string of the molecule is CCC(C)CCOC(=O)CC(O)(CC(=O)OCCC(C)CC)C(=O)OCCC(C)CC. The maximum absolute atomic E-state index is 12.6. The van der Waals surface area contributed by atoms with Gasteiger partial charge in [0.2, 0.25) is 0 Å². The molecule has 0 aromatic rings. The molecule has 0 aliphatic heterocycles. The number of carbonyl (C=O) groups is 3. The zero-order chi connectivity index (χ0) is 23.9. The van der Waals surface area contributed by atoms with E-state index in [4.69, 9.17) is 14.2 Å². The molecule has 0 fully saturated rings. The summed E-state index contributed by atoms with van der Waals surface area (Å²) in [6.07, 6.45) is 3.60. The molecule has 0 saturated heterocycles. The van der Waals surface area contributed by atoms with Crippen LogP contribution in [0.25, 0.3) is 0 Å². The van der Waals surface area contributed by atoms with E-state index in [9.17, 15) is 19.5 Å². The summed E-state index contributed by atoms with van der Waals surface area (Å²) in [6.45, 7) is 12.8. The Morgan fingerprint density at radius 1 is 0.677 bits per heavy atom. The van der Waals surface area contributed by atoms with Crippen LogP contribution >= 0.6 is 0 Å². The predicted octanol–water partition coefficient (Wildman–Crippen LogP) is 4.44. The number of aliphatic hydroxyl groups is 1. The van der Waals surface area contributed by atoms with Crippen molar-refractivity contribution in [3.05, 3.63) is 0 Å². The molecule has 0 aliphatic rings. The van der Waals surface area contributed by atoms with Gasteiger partial charge in [-0.1, -0.05) is 60.8 Å². The van der Waals surface area contributed by atoms with E-state index in [0.717, 1.165) is 19.3 Å². The van der Waals surface area contributed by atoms with Crippen LogP contribution in [0.2, 0.25) is 0 Å². The summed E-state index contributed by atoms with van der Waals surface area (Å²) < 4.78 is 15.5. The van der Waals surface area contributed by atoms with E-state index in [-0.39, 0.29) is 19.8 Å². The molecule has 31 heavy (non-hydrogen) atoms. The van der Waals surface area contributed by atoms with Crippen molar-refractivity contribution >= 4 is 17.9 Å². The molecule has 0 aromatic carbocycles. The Labute approximate surface area is 188 Å². The van der Waals surface area contributed by atoms with Gasteiger partial charge in [0.1, 0.15) is 0 Å². The van der Waals surface area contributed by atoms with Crippen LogP contribution in [-0.2, 0) is 28.6 Å². The molecule has 182 valence electrons. The third kappa shape index (κ3) is 13.4. The first-order chi connectivity index (χ1) is 14.6. The third-order valence-electron chi connectivity index (χ3n) is 5.94. The molecular formula is C24H44O7. The van der Waals surface area contributed by atoms with Crippen molar-refractivity contribution < 1.29 is 33.7 Å². The van der Waals surface area contributed by atoms with Gasteiger partial charge in [-0.15, -0.1) is 0 Å². The Balaban J connectivity index is 4.94. The minimum Gasteiger partial charge on any atom is -0.466 e. The molecule has 0 aliphatic carbocycles. The lowest BCUT2D eigenvalue weighted by molar-refractivity contribution is -0.178. The Kier molecular flexibility index (Phi) is 15.2. The normalized spacial score (nSPS) is 16.0. The number of carbonyl (C=O) groups excluding carboxylic acids is 3. The van der Waals surface area contributed by atoms with Gasteiger partial charge in [0, 0.05) is 0 Å². The van der Waals surface area contributed by atoms with Crippen molar-refractivity contribution in [1.29, 1.82) is 0 Å². The summed E-state index contributed by atoms with van der Waals surface area (Å²) in [7, 11) is 0. The molecule has 0 heterocycles. The molecular weight excluding hydrogens is 400 g/mol. The van der Waals surface area contributed by atoms with Crippen LogP contribution in [0.15, 0.2) is 0 Å². The number of ether oxygens (including phenoxy) is 3. The highest BCUT2D eigenvalue weighted by atomic mass is 16.6. The highest BCUT2D eigenvalue weighted by Crippen LogP contribution is 2.21. The topological polar surface area (TPSA) is 99.1 Å². The van der Waals surface area contributed by atoms with Gasteiger partial charge in [-0.25, -0.2) is 4.79 Å². The number of esters is 3. The van der Waals surface area contributed by atoms with Gasteiger partial charge >= 0.3 is 17.9 Å². The van der Waals surface area contributed by atoms with Crippen LogP contribution in [0.1, 0.15) is 92.9 Å². The van der Waals surface area contributed by atoms with Gasteiger partial charge in [0.05, 0.1) is 32.7 Å². The largest absolute Gasteiger partial charge is 0.466 e. The molecule has 0 rings (SSSR count). The zero-order valence-corrected chi connectivity index (χ0v) is 20.4. The van der Waals surface area contributed by atoms with E-state index in [1.807, 2.05) is 41.5 Å². The van der Waals surface area contributed by atoms with E-state index in [0.29, 0.717) is 37.0 Å². The summed E-state index contributed by atoms with van der Waals surface area (Å²) in [5.41, 5.74) is -2.30. The highest BCUT2D eigenvalue weighted by molar-refractivity contribution is 5.90. The summed E-state index contributed by atoms with van der Waals surface area (Å²) in [5, 5.41) is 10.9. The van der Waals surface area contributed by atoms with E-state index in [2.05, 4.69) is 0 Å². The second-order valence-electron chi connectivity index (χ2n) is 8.87. The van der Waals surface area contributed by atoms with Gasteiger partial charge in [0.15, 0.2) is 5.60 Å². The maximum atomic E-state index is 12.6. The molecule has 0 saturated carbocycles. The van der Waals surface area contributed by atoms with Crippen molar-refractivity contribution in [3.8, 4) is 0 Å².